The van der Waals surface area contributed by atoms with Crippen LogP contribution in [-0.2, 0) is 49.4 Å². The van der Waals surface area contributed by atoms with Crippen molar-refractivity contribution < 1.29 is 52.5 Å². The van der Waals surface area contributed by atoms with E-state index in [1.807, 2.05) is 62.3 Å². The monoisotopic (exact) mass is 1200 g/mol. The first kappa shape index (κ1) is 64.3. The maximum atomic E-state index is 14.7. The van der Waals surface area contributed by atoms with Gasteiger partial charge in [-0.1, -0.05) is 56.0 Å². The van der Waals surface area contributed by atoms with Gasteiger partial charge in [0, 0.05) is 60.4 Å². The Labute approximate surface area is 495 Å². The van der Waals surface area contributed by atoms with Gasteiger partial charge in [0.2, 0.25) is 35.4 Å². The van der Waals surface area contributed by atoms with Crippen LogP contribution >= 0.6 is 34.7 Å². The molecule has 1 aromatic heterocycles. The van der Waals surface area contributed by atoms with E-state index in [-0.39, 0.29) is 85.7 Å². The molecule has 82 heavy (non-hydrogen) atoms. The summed E-state index contributed by atoms with van der Waals surface area (Å²) in [4.78, 5) is 99.7. The number of hydrogen-bond acceptors (Lipinski definition) is 15. The van der Waals surface area contributed by atoms with Crippen molar-refractivity contribution in [3.8, 4) is 5.75 Å². The number of benzene rings is 2. The lowest BCUT2D eigenvalue weighted by Crippen LogP contribution is -2.57. The normalized spacial score (nSPS) is 21.2. The molecule has 8 N–H and O–H groups in total. The van der Waals surface area contributed by atoms with Crippen LogP contribution in [0.2, 0.25) is 5.02 Å². The van der Waals surface area contributed by atoms with Crippen molar-refractivity contribution in [2.24, 2.45) is 11.8 Å². The number of thiazole rings is 1. The third kappa shape index (κ3) is 21.1. The molecule has 3 aromatic rings. The van der Waals surface area contributed by atoms with Crippen molar-refractivity contribution in [3.05, 3.63) is 58.1 Å². The topological polar surface area (TPSA) is 269 Å². The molecule has 21 nitrogen and oxygen atoms in total. The summed E-state index contributed by atoms with van der Waals surface area (Å²) in [6, 6.07) is 10.0. The van der Waals surface area contributed by atoms with Crippen molar-refractivity contribution in [1.29, 1.82) is 0 Å². The van der Waals surface area contributed by atoms with Gasteiger partial charge in [-0.3, -0.25) is 28.8 Å². The molecule has 2 aromatic carbocycles. The quantitative estimate of drug-likeness (QED) is 0.0287. The number of thioether (sulfide) groups is 1. The molecule has 7 rings (SSSR count). The highest BCUT2D eigenvalue weighted by Crippen LogP contribution is 2.35. The Bertz CT molecular complexity index is 2570. The maximum Gasteiger partial charge on any atom is 0.315 e. The van der Waals surface area contributed by atoms with Gasteiger partial charge in [-0.15, -0.1) is 11.3 Å². The Morgan fingerprint density at radius 2 is 1.54 bits per heavy atom. The number of rotatable bonds is 35. The third-order valence-electron chi connectivity index (χ3n) is 15.4. The molecule has 3 fully saturated rings. The number of fused-ring (bicyclic) bond motifs is 3. The Hall–Kier alpha value is -5.30. The molecule has 4 aliphatic rings. The summed E-state index contributed by atoms with van der Waals surface area (Å²) >= 11 is 9.53. The lowest BCUT2D eigenvalue weighted by atomic mass is 9.79. The number of carbonyl (C=O) groups is 7. The van der Waals surface area contributed by atoms with Gasteiger partial charge in [-0.25, -0.2) is 9.78 Å². The van der Waals surface area contributed by atoms with Gasteiger partial charge in [0.15, 0.2) is 0 Å². The SMILES string of the molecule is CCC(=O)N[C@@H](Cc1nc2ccc(Cl)cc2s1)C(=O)N[C@@H](CC1CCC(CNC(=O)COCCOCCOCCNC(=O)CCCC[C@@H]2SC[C@@H]3NC(=O)N[C@@H]32)CC1)C(=O)N[C@@H](CCCCN(C)C)C(=O)N[C@@H]1CCOc2ccccc21. The first-order valence-electron chi connectivity index (χ1n) is 29.3. The van der Waals surface area contributed by atoms with Crippen LogP contribution in [0.1, 0.15) is 113 Å². The predicted molar refractivity (Wildman–Crippen MR) is 317 cm³/mol. The van der Waals surface area contributed by atoms with E-state index in [1.54, 1.807) is 13.0 Å². The molecular formula is C58H85ClN10O11S2. The molecule has 7 atom stereocenters. The lowest BCUT2D eigenvalue weighted by molar-refractivity contribution is -0.134. The van der Waals surface area contributed by atoms with Gasteiger partial charge < -0.3 is 66.4 Å². The van der Waals surface area contributed by atoms with Crippen molar-refractivity contribution in [2.75, 3.05) is 85.7 Å². The number of para-hydroxylation sites is 1. The van der Waals surface area contributed by atoms with Crippen LogP contribution in [0.4, 0.5) is 4.79 Å². The van der Waals surface area contributed by atoms with Crippen molar-refractivity contribution in [1.82, 2.24) is 52.4 Å². The van der Waals surface area contributed by atoms with E-state index in [0.717, 1.165) is 79.4 Å². The first-order valence-corrected chi connectivity index (χ1v) is 31.5. The Morgan fingerprint density at radius 1 is 0.793 bits per heavy atom. The van der Waals surface area contributed by atoms with E-state index in [4.69, 9.17) is 35.5 Å². The smallest absolute Gasteiger partial charge is 0.315 e. The number of ether oxygens (including phenoxy) is 4. The molecule has 0 radical (unpaired) electrons. The van der Waals surface area contributed by atoms with E-state index in [0.29, 0.717) is 99.3 Å². The van der Waals surface area contributed by atoms with Crippen LogP contribution in [0.3, 0.4) is 0 Å². The molecule has 3 aliphatic heterocycles. The molecule has 4 heterocycles. The van der Waals surface area contributed by atoms with Crippen LogP contribution in [0, 0.1) is 11.8 Å². The second kappa shape index (κ2) is 33.9. The number of carbonyl (C=O) groups excluding carboxylic acids is 7. The van der Waals surface area contributed by atoms with E-state index in [2.05, 4.69) is 47.4 Å². The predicted octanol–water partition coefficient (Wildman–Crippen LogP) is 4.93. The third-order valence-corrected chi connectivity index (χ3v) is 18.2. The average Bonchev–Trinajstić information content (AvgIpc) is 4.37. The molecule has 0 bridgehead atoms. The minimum Gasteiger partial charge on any atom is -0.493 e. The molecule has 0 spiro atoms. The number of amides is 8. The zero-order valence-electron chi connectivity index (χ0n) is 47.7. The van der Waals surface area contributed by atoms with Crippen LogP contribution in [0.25, 0.3) is 10.2 Å². The van der Waals surface area contributed by atoms with Gasteiger partial charge in [0.1, 0.15) is 30.5 Å². The summed E-state index contributed by atoms with van der Waals surface area (Å²) in [7, 11) is 3.98. The van der Waals surface area contributed by atoms with Crippen LogP contribution in [0.15, 0.2) is 42.5 Å². The van der Waals surface area contributed by atoms with Crippen LogP contribution in [-0.4, -0.2) is 173 Å². The molecule has 1 aliphatic carbocycles. The Balaban J connectivity index is 0.836. The van der Waals surface area contributed by atoms with Crippen LogP contribution in [0.5, 0.6) is 5.75 Å². The molecule has 1 saturated carbocycles. The number of unbranched alkanes of at least 4 members (excludes halogenated alkanes) is 2. The number of nitrogens with one attached hydrogen (secondary N) is 8. The minimum atomic E-state index is -1.04. The summed E-state index contributed by atoms with van der Waals surface area (Å²) in [6.07, 6.45) is 9.22. The second-order valence-corrected chi connectivity index (χ2v) is 24.8. The summed E-state index contributed by atoms with van der Waals surface area (Å²) < 4.78 is 23.4. The van der Waals surface area contributed by atoms with Crippen molar-refractivity contribution in [3.63, 3.8) is 0 Å². The fraction of sp³-hybridized carbons (Fsp3) is 0.655. The number of hydrogen-bond donors (Lipinski definition) is 8. The molecule has 452 valence electrons. The average molecular weight is 1200 g/mol. The number of urea groups is 1. The Morgan fingerprint density at radius 3 is 2.33 bits per heavy atom. The van der Waals surface area contributed by atoms with Gasteiger partial charge in [0.05, 0.1) is 73.0 Å². The Kier molecular flexibility index (Phi) is 26.5. The molecule has 24 heteroatoms. The summed E-state index contributed by atoms with van der Waals surface area (Å²) in [6.45, 7) is 5.36. The van der Waals surface area contributed by atoms with E-state index >= 15 is 0 Å². The van der Waals surface area contributed by atoms with Gasteiger partial charge in [0.25, 0.3) is 0 Å². The van der Waals surface area contributed by atoms with Gasteiger partial charge in [-0.2, -0.15) is 11.8 Å². The summed E-state index contributed by atoms with van der Waals surface area (Å²) in [5.74, 6) is 0.00407. The van der Waals surface area contributed by atoms with Crippen molar-refractivity contribution in [2.45, 2.75) is 145 Å². The standard InChI is InChI=1S/C58H85ClN10O11S2/c1-4-50(70)62-45(33-53-63-42-21-20-39(59)32-49(42)82-53)57(75)66-44(56(74)65-43(12-9-10-24-69(2)3)55(73)64-41-22-25-80-47-13-6-5-11-40(41)47)31-37-16-18-38(19-17-37)34-61-52(72)35-79-30-29-78-28-27-77-26-23-60-51(71)15-8-7-14-48-54-46(36-81-48)67-58(76)68-54/h5-6,11,13,20-21,32,37-38,41,43-46,48,54H,4,7-10,12,14-19,22-31,33-36H2,1-3H3,(H,60,71)(H,61,72)(H,62,70)(H,64,73)(H,65,74)(H,66,75)(H2,67,68,76)/t37?,38?,41-,43+,44+,45+,46+,48+,54+/m1/s1. The molecule has 8 amide bonds. The number of halogens is 1. The highest BCUT2D eigenvalue weighted by molar-refractivity contribution is 8.00. The zero-order chi connectivity index (χ0) is 58.2. The second-order valence-electron chi connectivity index (χ2n) is 22.0. The lowest BCUT2D eigenvalue weighted by Gasteiger charge is -2.32. The zero-order valence-corrected chi connectivity index (χ0v) is 50.1. The molecule has 2 saturated heterocycles. The summed E-state index contributed by atoms with van der Waals surface area (Å²) in [5.41, 5.74) is 1.59. The minimum absolute atomic E-state index is 0.00211. The number of aromatic nitrogens is 1. The fourth-order valence-electron chi connectivity index (χ4n) is 10.8. The van der Waals surface area contributed by atoms with Gasteiger partial charge in [-0.05, 0) is 108 Å². The van der Waals surface area contributed by atoms with E-state index in [9.17, 15) is 33.6 Å². The molecular weight excluding hydrogens is 1110 g/mol. The van der Waals surface area contributed by atoms with E-state index in [1.165, 1.54) is 11.3 Å². The maximum absolute atomic E-state index is 14.7. The summed E-state index contributed by atoms with van der Waals surface area (Å²) in [5, 5.41) is 25.6. The molecule has 0 unspecified atom stereocenters. The highest BCUT2D eigenvalue weighted by Gasteiger charge is 2.42. The fourth-order valence-corrected chi connectivity index (χ4v) is 13.7. The first-order chi connectivity index (χ1) is 39.7. The van der Waals surface area contributed by atoms with Gasteiger partial charge >= 0.3 is 6.03 Å². The largest absolute Gasteiger partial charge is 0.493 e. The van der Waals surface area contributed by atoms with Crippen LogP contribution < -0.4 is 47.3 Å². The number of nitrogens with zero attached hydrogens (tertiary/aromatic N) is 2. The van der Waals surface area contributed by atoms with E-state index < -0.39 is 29.9 Å². The highest BCUT2D eigenvalue weighted by atomic mass is 35.5. The van der Waals surface area contributed by atoms with Crippen molar-refractivity contribution >= 4 is 86.4 Å².